The van der Waals surface area contributed by atoms with E-state index in [1.165, 1.54) is 19.4 Å². The first kappa shape index (κ1) is 19.7. The Labute approximate surface area is 188 Å². The molecule has 0 aliphatic carbocycles. The van der Waals surface area contributed by atoms with E-state index in [1.54, 1.807) is 10.5 Å². The third-order valence-electron chi connectivity index (χ3n) is 7.31. The molecule has 0 spiro atoms. The molecule has 166 valence electrons. The molecule has 6 rings (SSSR count). The van der Waals surface area contributed by atoms with Crippen LogP contribution in [0.2, 0.25) is 0 Å². The molecule has 0 aromatic carbocycles. The van der Waals surface area contributed by atoms with E-state index in [-0.39, 0.29) is 11.0 Å². The Bertz CT molecular complexity index is 1300. The highest BCUT2D eigenvalue weighted by Gasteiger charge is 2.33. The molecule has 3 aliphatic heterocycles. The number of hydrogen-bond acceptors (Lipinski definition) is 5. The molecule has 0 bridgehead atoms. The second-order valence-electron chi connectivity index (χ2n) is 10.2. The largest absolute Gasteiger partial charge is 0.367 e. The van der Waals surface area contributed by atoms with Crippen molar-refractivity contribution in [2.24, 2.45) is 0 Å². The second kappa shape index (κ2) is 7.04. The summed E-state index contributed by atoms with van der Waals surface area (Å²) in [7, 11) is 0. The van der Waals surface area contributed by atoms with Crippen LogP contribution in [0.15, 0.2) is 35.4 Å². The number of imidazole rings is 1. The molecule has 0 unspecified atom stereocenters. The molecule has 6 heterocycles. The van der Waals surface area contributed by atoms with Gasteiger partial charge < -0.3 is 9.47 Å². The van der Waals surface area contributed by atoms with E-state index in [1.807, 2.05) is 25.4 Å². The molecule has 7 nitrogen and oxygen atoms in total. The summed E-state index contributed by atoms with van der Waals surface area (Å²) >= 11 is 0. The van der Waals surface area contributed by atoms with E-state index in [4.69, 9.17) is 9.97 Å². The smallest absolute Gasteiger partial charge is 0.258 e. The average molecular weight is 431 g/mol. The number of aromatic nitrogens is 4. The fourth-order valence-electron chi connectivity index (χ4n) is 5.71. The lowest BCUT2D eigenvalue weighted by Gasteiger charge is -2.38. The highest BCUT2D eigenvalue weighted by atomic mass is 16.1. The molecule has 7 heteroatoms. The lowest BCUT2D eigenvalue weighted by Crippen LogP contribution is -2.50. The molecule has 3 aromatic rings. The van der Waals surface area contributed by atoms with E-state index in [0.717, 1.165) is 54.5 Å². The monoisotopic (exact) mass is 430 g/mol. The maximum absolute atomic E-state index is 13.1. The van der Waals surface area contributed by atoms with Gasteiger partial charge in [0.25, 0.3) is 5.56 Å². The van der Waals surface area contributed by atoms with Crippen molar-refractivity contribution in [1.82, 2.24) is 23.8 Å². The van der Waals surface area contributed by atoms with Gasteiger partial charge in [0.05, 0.1) is 17.1 Å². The lowest BCUT2D eigenvalue weighted by molar-refractivity contribution is 0.231. The molecule has 0 saturated carbocycles. The number of pyridine rings is 1. The van der Waals surface area contributed by atoms with E-state index in [2.05, 4.69) is 40.5 Å². The number of fused-ring (bicyclic) bond motifs is 3. The minimum Gasteiger partial charge on any atom is -0.367 e. The van der Waals surface area contributed by atoms with Crippen LogP contribution in [0.1, 0.15) is 50.3 Å². The van der Waals surface area contributed by atoms with E-state index >= 15 is 0 Å². The molecule has 3 aliphatic rings. The summed E-state index contributed by atoms with van der Waals surface area (Å²) in [6, 6.07) is 6.44. The van der Waals surface area contributed by atoms with Crippen molar-refractivity contribution in [2.45, 2.75) is 51.5 Å². The summed E-state index contributed by atoms with van der Waals surface area (Å²) in [5, 5.41) is 0. The van der Waals surface area contributed by atoms with Crippen LogP contribution in [-0.2, 0) is 5.41 Å². The predicted molar refractivity (Wildman–Crippen MR) is 127 cm³/mol. The van der Waals surface area contributed by atoms with Crippen molar-refractivity contribution in [1.29, 1.82) is 0 Å². The molecule has 0 amide bonds. The summed E-state index contributed by atoms with van der Waals surface area (Å²) in [5.41, 5.74) is 4.49. The fourth-order valence-corrected chi connectivity index (χ4v) is 5.71. The van der Waals surface area contributed by atoms with Crippen molar-refractivity contribution in [3.8, 4) is 0 Å². The predicted octanol–water partition coefficient (Wildman–Crippen LogP) is 3.16. The van der Waals surface area contributed by atoms with Gasteiger partial charge in [-0.15, -0.1) is 0 Å². The zero-order valence-corrected chi connectivity index (χ0v) is 19.1. The summed E-state index contributed by atoms with van der Waals surface area (Å²) in [6.07, 6.45) is 9.47. The van der Waals surface area contributed by atoms with Gasteiger partial charge in [-0.1, -0.05) is 13.8 Å². The summed E-state index contributed by atoms with van der Waals surface area (Å²) in [4.78, 5) is 27.7. The zero-order chi connectivity index (χ0) is 22.0. The van der Waals surface area contributed by atoms with Gasteiger partial charge in [-0.05, 0) is 50.4 Å². The number of nitrogens with zero attached hydrogens (tertiary/aromatic N) is 6. The third kappa shape index (κ3) is 3.18. The Morgan fingerprint density at radius 1 is 1.09 bits per heavy atom. The van der Waals surface area contributed by atoms with Gasteiger partial charge in [-0.25, -0.2) is 9.97 Å². The highest BCUT2D eigenvalue weighted by molar-refractivity contribution is 5.77. The number of rotatable bonds is 2. The molecular weight excluding hydrogens is 400 g/mol. The summed E-state index contributed by atoms with van der Waals surface area (Å²) < 4.78 is 3.78. The third-order valence-corrected chi connectivity index (χ3v) is 7.31. The summed E-state index contributed by atoms with van der Waals surface area (Å²) in [6.45, 7) is 10.8. The topological polar surface area (TPSA) is 58.7 Å². The van der Waals surface area contributed by atoms with Crippen LogP contribution < -0.4 is 10.5 Å². The van der Waals surface area contributed by atoms with E-state index < -0.39 is 0 Å². The van der Waals surface area contributed by atoms with Gasteiger partial charge in [0.15, 0.2) is 0 Å². The van der Waals surface area contributed by atoms with E-state index in [0.29, 0.717) is 11.7 Å². The van der Waals surface area contributed by atoms with Gasteiger partial charge in [-0.3, -0.25) is 14.1 Å². The number of anilines is 1. The van der Waals surface area contributed by atoms with Gasteiger partial charge in [0.2, 0.25) is 0 Å². The Kier molecular flexibility index (Phi) is 4.34. The van der Waals surface area contributed by atoms with Gasteiger partial charge in [0, 0.05) is 55.8 Å². The van der Waals surface area contributed by atoms with Crippen LogP contribution in [-0.4, -0.2) is 56.1 Å². The summed E-state index contributed by atoms with van der Waals surface area (Å²) in [5.74, 6) is 1.06. The van der Waals surface area contributed by atoms with Crippen molar-refractivity contribution < 1.29 is 0 Å². The first-order chi connectivity index (χ1) is 15.4. The Morgan fingerprint density at radius 3 is 2.84 bits per heavy atom. The minimum atomic E-state index is -0.114. The first-order valence-corrected chi connectivity index (χ1v) is 11.7. The van der Waals surface area contributed by atoms with Crippen LogP contribution >= 0.6 is 0 Å². The fraction of sp³-hybridized carbons (Fsp3) is 0.480. The zero-order valence-electron chi connectivity index (χ0n) is 19.1. The van der Waals surface area contributed by atoms with Crippen molar-refractivity contribution in [2.75, 3.05) is 31.1 Å². The molecule has 1 atom stereocenters. The van der Waals surface area contributed by atoms with Gasteiger partial charge in [0.1, 0.15) is 11.5 Å². The van der Waals surface area contributed by atoms with Gasteiger partial charge in [-0.2, -0.15) is 0 Å². The maximum atomic E-state index is 13.1. The first-order valence-electron chi connectivity index (χ1n) is 11.7. The van der Waals surface area contributed by atoms with Crippen LogP contribution in [0.5, 0.6) is 0 Å². The number of hydrogen-bond donors (Lipinski definition) is 0. The molecule has 2 saturated heterocycles. The Morgan fingerprint density at radius 2 is 1.97 bits per heavy atom. The SMILES string of the molecule is Cc1cn2c(n1)C(C)(C)CC(c1cc(=O)n3cc(N4CCN5CCC[C@H]5C4)ccc3n1)=C2. The number of piperazine rings is 1. The molecule has 2 fully saturated rings. The molecule has 32 heavy (non-hydrogen) atoms. The van der Waals surface area contributed by atoms with E-state index in [9.17, 15) is 4.79 Å². The molecular formula is C25H30N6O. The van der Waals surface area contributed by atoms with Crippen LogP contribution in [0.3, 0.4) is 0 Å². The Hall–Kier alpha value is -2.93. The normalized spacial score (nSPS) is 22.7. The van der Waals surface area contributed by atoms with Crippen molar-refractivity contribution in [3.05, 3.63) is 58.2 Å². The molecule has 0 N–H and O–H groups in total. The minimum absolute atomic E-state index is 0.0299. The second-order valence-corrected chi connectivity index (χ2v) is 10.2. The molecule has 3 aromatic heterocycles. The number of allylic oxidation sites excluding steroid dienone is 1. The highest BCUT2D eigenvalue weighted by Crippen LogP contribution is 2.38. The van der Waals surface area contributed by atoms with Crippen molar-refractivity contribution in [3.63, 3.8) is 0 Å². The van der Waals surface area contributed by atoms with Crippen LogP contribution in [0, 0.1) is 6.92 Å². The maximum Gasteiger partial charge on any atom is 0.258 e. The lowest BCUT2D eigenvalue weighted by atomic mass is 9.82. The standard InChI is InChI=1S/C25H30N6O/c1-17-13-30-14-18(12-25(2,3)24(30)26-17)21-11-23(32)31-16-20(6-7-22(31)27-21)29-10-9-28-8-4-5-19(28)15-29/h6-7,11,13-14,16,19H,4-5,8-10,12,15H2,1-3H3/t19-/m0/s1. The quantitative estimate of drug-likeness (QED) is 0.625. The Balaban J connectivity index is 1.35. The molecule has 0 radical (unpaired) electrons. The number of aryl methyl sites for hydroxylation is 1. The van der Waals surface area contributed by atoms with Gasteiger partial charge >= 0.3 is 0 Å². The van der Waals surface area contributed by atoms with Crippen LogP contribution in [0.4, 0.5) is 5.69 Å². The average Bonchev–Trinajstić information content (AvgIpc) is 3.38. The van der Waals surface area contributed by atoms with Crippen LogP contribution in [0.25, 0.3) is 17.4 Å². The van der Waals surface area contributed by atoms with Crippen molar-refractivity contribution >= 4 is 23.1 Å².